The first-order valence-electron chi connectivity index (χ1n) is 8.67. The average Bonchev–Trinajstić information content (AvgIpc) is 3.34. The van der Waals surface area contributed by atoms with Crippen molar-refractivity contribution in [1.29, 1.82) is 0 Å². The molecule has 3 nitrogen and oxygen atoms in total. The Kier molecular flexibility index (Phi) is 4.88. The smallest absolute Gasteiger partial charge is 0.190 e. The summed E-state index contributed by atoms with van der Waals surface area (Å²) in [5.74, 6) is 0. The zero-order valence-electron chi connectivity index (χ0n) is 14.6. The van der Waals surface area contributed by atoms with Gasteiger partial charge in [-0.05, 0) is 49.3 Å². The van der Waals surface area contributed by atoms with Crippen molar-refractivity contribution in [3.05, 3.63) is 57.0 Å². The summed E-state index contributed by atoms with van der Waals surface area (Å²) in [5, 5.41) is 4.36. The Labute approximate surface area is 156 Å². The lowest BCUT2D eigenvalue weighted by Crippen LogP contribution is -2.23. The molecular formula is C20H22N2OS2. The highest BCUT2D eigenvalue weighted by molar-refractivity contribution is 7.14. The summed E-state index contributed by atoms with van der Waals surface area (Å²) >= 11 is 3.49. The van der Waals surface area contributed by atoms with Gasteiger partial charge < -0.3 is 9.30 Å². The summed E-state index contributed by atoms with van der Waals surface area (Å²) in [6, 6.07) is 10.6. The molecule has 0 bridgehead atoms. The van der Waals surface area contributed by atoms with Gasteiger partial charge in [-0.3, -0.25) is 0 Å². The molecule has 0 radical (unpaired) electrons. The fraction of sp³-hybridized carbons (Fsp3) is 0.350. The third kappa shape index (κ3) is 3.50. The van der Waals surface area contributed by atoms with Crippen LogP contribution in [0.1, 0.15) is 24.0 Å². The lowest BCUT2D eigenvalue weighted by molar-refractivity contribution is 0.0968. The number of aromatic nitrogens is 1. The van der Waals surface area contributed by atoms with E-state index in [4.69, 9.17) is 9.73 Å². The molecule has 5 heteroatoms. The van der Waals surface area contributed by atoms with Gasteiger partial charge in [0.2, 0.25) is 0 Å². The van der Waals surface area contributed by atoms with Crippen molar-refractivity contribution < 1.29 is 4.74 Å². The molecule has 0 aliphatic carbocycles. The second-order valence-electron chi connectivity index (χ2n) is 6.48. The minimum atomic E-state index is 0.297. The fourth-order valence-corrected chi connectivity index (χ4v) is 5.03. The van der Waals surface area contributed by atoms with Crippen LogP contribution in [-0.4, -0.2) is 17.3 Å². The quantitative estimate of drug-likeness (QED) is 0.611. The Morgan fingerprint density at radius 2 is 2.00 bits per heavy atom. The Balaban J connectivity index is 1.83. The van der Waals surface area contributed by atoms with Crippen molar-refractivity contribution in [3.63, 3.8) is 0 Å². The normalized spacial score (nSPS) is 18.2. The molecule has 1 unspecified atom stereocenters. The molecule has 3 aromatic rings. The van der Waals surface area contributed by atoms with E-state index < -0.39 is 0 Å². The molecule has 25 heavy (non-hydrogen) atoms. The predicted octanol–water partition coefficient (Wildman–Crippen LogP) is 5.31. The highest BCUT2D eigenvalue weighted by Crippen LogP contribution is 2.28. The van der Waals surface area contributed by atoms with Gasteiger partial charge in [-0.15, -0.1) is 22.7 Å². The Bertz CT molecular complexity index is 895. The third-order valence-electron chi connectivity index (χ3n) is 4.63. The van der Waals surface area contributed by atoms with Crippen molar-refractivity contribution >= 4 is 28.4 Å². The minimum absolute atomic E-state index is 0.297. The van der Waals surface area contributed by atoms with Crippen molar-refractivity contribution in [2.24, 2.45) is 4.99 Å². The van der Waals surface area contributed by atoms with Gasteiger partial charge >= 0.3 is 0 Å². The molecule has 1 aliphatic rings. The van der Waals surface area contributed by atoms with Crippen LogP contribution in [0, 0.1) is 13.8 Å². The van der Waals surface area contributed by atoms with Crippen LogP contribution in [0.3, 0.4) is 0 Å². The van der Waals surface area contributed by atoms with Crippen LogP contribution in [-0.2, 0) is 11.3 Å². The van der Waals surface area contributed by atoms with Crippen molar-refractivity contribution in [2.75, 3.05) is 6.61 Å². The van der Waals surface area contributed by atoms with Gasteiger partial charge in [-0.2, -0.15) is 0 Å². The van der Waals surface area contributed by atoms with Gasteiger partial charge in [0, 0.05) is 12.0 Å². The first kappa shape index (κ1) is 16.8. The Morgan fingerprint density at radius 3 is 2.68 bits per heavy atom. The van der Waals surface area contributed by atoms with Crippen LogP contribution >= 0.6 is 22.7 Å². The Hall–Kier alpha value is -1.69. The molecule has 0 spiro atoms. The molecule has 1 saturated heterocycles. The molecule has 1 aliphatic heterocycles. The van der Waals surface area contributed by atoms with Gasteiger partial charge in [0.15, 0.2) is 4.80 Å². The Morgan fingerprint density at radius 1 is 1.16 bits per heavy atom. The van der Waals surface area contributed by atoms with Crippen LogP contribution < -0.4 is 4.80 Å². The number of thiazole rings is 1. The van der Waals surface area contributed by atoms with E-state index in [2.05, 4.69) is 59.5 Å². The maximum atomic E-state index is 5.90. The summed E-state index contributed by atoms with van der Waals surface area (Å²) in [7, 11) is 0. The van der Waals surface area contributed by atoms with E-state index in [9.17, 15) is 0 Å². The van der Waals surface area contributed by atoms with Crippen molar-refractivity contribution in [2.45, 2.75) is 39.3 Å². The molecule has 1 aromatic carbocycles. The molecular weight excluding hydrogens is 348 g/mol. The van der Waals surface area contributed by atoms with Crippen LogP contribution in [0.2, 0.25) is 0 Å². The second-order valence-corrected chi connectivity index (χ2v) is 8.26. The molecule has 1 atom stereocenters. The molecule has 3 heterocycles. The molecule has 0 amide bonds. The van der Waals surface area contributed by atoms with Crippen LogP contribution in [0.15, 0.2) is 46.1 Å². The van der Waals surface area contributed by atoms with E-state index in [0.29, 0.717) is 6.10 Å². The van der Waals surface area contributed by atoms with E-state index in [1.807, 2.05) is 0 Å². The average molecular weight is 371 g/mol. The summed E-state index contributed by atoms with van der Waals surface area (Å²) in [4.78, 5) is 7.38. The molecule has 0 saturated carbocycles. The van der Waals surface area contributed by atoms with Crippen LogP contribution in [0.5, 0.6) is 0 Å². The number of thiophene rings is 1. The topological polar surface area (TPSA) is 26.5 Å². The highest BCUT2D eigenvalue weighted by atomic mass is 32.1. The van der Waals surface area contributed by atoms with Gasteiger partial charge in [-0.1, -0.05) is 24.3 Å². The molecule has 4 rings (SSSR count). The van der Waals surface area contributed by atoms with E-state index in [-0.39, 0.29) is 0 Å². The maximum Gasteiger partial charge on any atom is 0.190 e. The third-order valence-corrected chi connectivity index (χ3v) is 6.38. The SMILES string of the molecule is Cc1cccc(C)c1N=c1scc(-c2cccs2)n1CC1CCCO1. The van der Waals surface area contributed by atoms with E-state index >= 15 is 0 Å². The van der Waals surface area contributed by atoms with Gasteiger partial charge in [0.05, 0.1) is 28.9 Å². The summed E-state index contributed by atoms with van der Waals surface area (Å²) in [6.45, 7) is 6.02. The van der Waals surface area contributed by atoms with Gasteiger partial charge in [-0.25, -0.2) is 4.99 Å². The zero-order valence-corrected chi connectivity index (χ0v) is 16.2. The molecule has 2 aromatic heterocycles. The fourth-order valence-electron chi connectivity index (χ4n) is 3.29. The van der Waals surface area contributed by atoms with Crippen molar-refractivity contribution in [3.8, 4) is 10.6 Å². The van der Waals surface area contributed by atoms with Crippen molar-refractivity contribution in [1.82, 2.24) is 4.57 Å². The standard InChI is InChI=1S/C20H22N2OS2/c1-14-6-3-7-15(2)19(14)21-20-22(12-16-8-4-10-23-16)17(13-25-20)18-9-5-11-24-18/h3,5-7,9,11,13,16H,4,8,10,12H2,1-2H3. The highest BCUT2D eigenvalue weighted by Gasteiger charge is 2.19. The zero-order chi connectivity index (χ0) is 17.2. The lowest BCUT2D eigenvalue weighted by atomic mass is 10.1. The lowest BCUT2D eigenvalue weighted by Gasteiger charge is -2.13. The number of hydrogen-bond donors (Lipinski definition) is 0. The van der Waals surface area contributed by atoms with E-state index in [1.165, 1.54) is 21.7 Å². The first-order valence-corrected chi connectivity index (χ1v) is 10.4. The molecule has 130 valence electrons. The van der Waals surface area contributed by atoms with Gasteiger partial charge in [0.25, 0.3) is 0 Å². The van der Waals surface area contributed by atoms with E-state index in [1.54, 1.807) is 22.7 Å². The summed E-state index contributed by atoms with van der Waals surface area (Å²) in [5.41, 5.74) is 4.77. The number of hydrogen-bond acceptors (Lipinski definition) is 4. The monoisotopic (exact) mass is 370 g/mol. The van der Waals surface area contributed by atoms with Crippen LogP contribution in [0.25, 0.3) is 10.6 Å². The number of nitrogens with zero attached hydrogens (tertiary/aromatic N) is 2. The number of rotatable bonds is 4. The van der Waals surface area contributed by atoms with Gasteiger partial charge in [0.1, 0.15) is 0 Å². The molecule has 1 fully saturated rings. The van der Waals surface area contributed by atoms with E-state index in [0.717, 1.165) is 36.5 Å². The van der Waals surface area contributed by atoms with Crippen LogP contribution in [0.4, 0.5) is 5.69 Å². The summed E-state index contributed by atoms with van der Waals surface area (Å²) < 4.78 is 8.24. The number of benzene rings is 1. The number of para-hydroxylation sites is 1. The number of ether oxygens (including phenoxy) is 1. The number of aryl methyl sites for hydroxylation is 2. The first-order chi connectivity index (χ1) is 12.2. The maximum absolute atomic E-state index is 5.90. The second kappa shape index (κ2) is 7.28. The molecule has 0 N–H and O–H groups in total. The summed E-state index contributed by atoms with van der Waals surface area (Å²) in [6.07, 6.45) is 2.59. The minimum Gasteiger partial charge on any atom is -0.376 e. The predicted molar refractivity (Wildman–Crippen MR) is 106 cm³/mol. The largest absolute Gasteiger partial charge is 0.376 e.